The summed E-state index contributed by atoms with van der Waals surface area (Å²) in [5, 5.41) is 0.976. The van der Waals surface area contributed by atoms with Crippen LogP contribution < -0.4 is 5.73 Å². The van der Waals surface area contributed by atoms with Crippen molar-refractivity contribution in [3.8, 4) is 0 Å². The van der Waals surface area contributed by atoms with Crippen molar-refractivity contribution in [1.82, 2.24) is 9.97 Å². The lowest BCUT2D eigenvalue weighted by Gasteiger charge is -2.06. The number of hydrogen-bond donors (Lipinski definition) is 1. The third-order valence-electron chi connectivity index (χ3n) is 3.35. The number of hydrogen-bond acceptors (Lipinski definition) is 6. The minimum Gasteiger partial charge on any atom is -0.383 e. The van der Waals surface area contributed by atoms with Crippen molar-refractivity contribution in [2.24, 2.45) is 0 Å². The number of thiophene rings is 1. The molecular formula is C15H23N3O2S. The smallest absolute Gasteiger partial charge is 0.158 e. The van der Waals surface area contributed by atoms with Crippen LogP contribution in [0.2, 0.25) is 0 Å². The molecule has 0 atom stereocenters. The highest BCUT2D eigenvalue weighted by molar-refractivity contribution is 7.18. The molecule has 0 fully saturated rings. The third kappa shape index (κ3) is 4.12. The van der Waals surface area contributed by atoms with Gasteiger partial charge in [-0.05, 0) is 25.8 Å². The predicted octanol–water partition coefficient (Wildman–Crippen LogP) is 3.22. The Morgan fingerprint density at radius 1 is 1.10 bits per heavy atom. The van der Waals surface area contributed by atoms with Crippen LogP contribution in [-0.2, 0) is 16.1 Å². The van der Waals surface area contributed by atoms with E-state index in [1.54, 1.807) is 11.3 Å². The number of aromatic nitrogens is 2. The van der Waals surface area contributed by atoms with Crippen molar-refractivity contribution in [2.75, 3.05) is 25.6 Å². The first-order chi connectivity index (χ1) is 10.1. The molecule has 0 saturated carbocycles. The lowest BCUT2D eigenvalue weighted by molar-refractivity contribution is 0.0375. The fourth-order valence-electron chi connectivity index (χ4n) is 2.02. The van der Waals surface area contributed by atoms with E-state index >= 15 is 0 Å². The summed E-state index contributed by atoms with van der Waals surface area (Å²) in [7, 11) is 0. The predicted molar refractivity (Wildman–Crippen MR) is 86.7 cm³/mol. The van der Waals surface area contributed by atoms with Gasteiger partial charge in [-0.3, -0.25) is 0 Å². The fourth-order valence-corrected chi connectivity index (χ4v) is 3.08. The standard InChI is InChI=1S/C15H23N3O2S/c1-4-5-6-19-7-8-20-9-12-17-14(16)13-10(2)11(3)21-15(13)18-12/h4-9H2,1-3H3,(H2,16,17,18). The zero-order valence-corrected chi connectivity index (χ0v) is 13.8. The first-order valence-corrected chi connectivity index (χ1v) is 8.12. The van der Waals surface area contributed by atoms with Gasteiger partial charge in [0.25, 0.3) is 0 Å². The highest BCUT2D eigenvalue weighted by Crippen LogP contribution is 2.31. The van der Waals surface area contributed by atoms with Gasteiger partial charge in [0.05, 0.1) is 18.6 Å². The quantitative estimate of drug-likeness (QED) is 0.758. The number of anilines is 1. The van der Waals surface area contributed by atoms with Gasteiger partial charge < -0.3 is 15.2 Å². The van der Waals surface area contributed by atoms with E-state index in [0.29, 0.717) is 31.5 Å². The third-order valence-corrected chi connectivity index (χ3v) is 4.45. The number of rotatable bonds is 8. The van der Waals surface area contributed by atoms with Crippen LogP contribution in [0.15, 0.2) is 0 Å². The maximum Gasteiger partial charge on any atom is 0.158 e. The molecule has 2 aromatic rings. The summed E-state index contributed by atoms with van der Waals surface area (Å²) in [5.74, 6) is 1.18. The van der Waals surface area contributed by atoms with E-state index in [9.17, 15) is 0 Å². The molecule has 5 nitrogen and oxygen atoms in total. The molecule has 0 unspecified atom stereocenters. The van der Waals surface area contributed by atoms with Crippen molar-refractivity contribution < 1.29 is 9.47 Å². The van der Waals surface area contributed by atoms with E-state index in [-0.39, 0.29) is 0 Å². The number of ether oxygens (including phenoxy) is 2. The van der Waals surface area contributed by atoms with Crippen LogP contribution in [0.4, 0.5) is 5.82 Å². The van der Waals surface area contributed by atoms with Crippen LogP contribution >= 0.6 is 11.3 Å². The van der Waals surface area contributed by atoms with E-state index < -0.39 is 0 Å². The molecule has 21 heavy (non-hydrogen) atoms. The number of unbranched alkanes of at least 4 members (excludes halogenated alkanes) is 1. The van der Waals surface area contributed by atoms with Crippen LogP contribution in [0.1, 0.15) is 36.0 Å². The molecule has 2 rings (SSSR count). The zero-order chi connectivity index (χ0) is 15.2. The first-order valence-electron chi connectivity index (χ1n) is 7.31. The molecule has 0 aliphatic carbocycles. The van der Waals surface area contributed by atoms with Gasteiger partial charge >= 0.3 is 0 Å². The molecule has 2 heterocycles. The number of nitrogens with zero attached hydrogens (tertiary/aromatic N) is 2. The zero-order valence-electron chi connectivity index (χ0n) is 12.9. The van der Waals surface area contributed by atoms with Crippen molar-refractivity contribution >= 4 is 27.4 Å². The van der Waals surface area contributed by atoms with Gasteiger partial charge in [0.1, 0.15) is 17.3 Å². The Morgan fingerprint density at radius 3 is 2.62 bits per heavy atom. The molecule has 0 bridgehead atoms. The Labute approximate surface area is 129 Å². The van der Waals surface area contributed by atoms with E-state index in [1.165, 1.54) is 10.4 Å². The van der Waals surface area contributed by atoms with Crippen LogP contribution in [-0.4, -0.2) is 29.8 Å². The van der Waals surface area contributed by atoms with Gasteiger partial charge in [-0.15, -0.1) is 11.3 Å². The number of nitrogen functional groups attached to an aromatic ring is 1. The Hall–Kier alpha value is -1.24. The summed E-state index contributed by atoms with van der Waals surface area (Å²) < 4.78 is 11.0. The van der Waals surface area contributed by atoms with Gasteiger partial charge in [0.15, 0.2) is 5.82 Å². The highest BCUT2D eigenvalue weighted by atomic mass is 32.1. The SMILES string of the molecule is CCCCOCCOCc1nc(N)c2c(C)c(C)sc2n1. The maximum atomic E-state index is 6.03. The molecule has 0 aliphatic heterocycles. The minimum absolute atomic E-state index is 0.368. The highest BCUT2D eigenvalue weighted by Gasteiger charge is 2.12. The Balaban J connectivity index is 1.88. The molecule has 0 spiro atoms. The van der Waals surface area contributed by atoms with E-state index in [4.69, 9.17) is 15.2 Å². The van der Waals surface area contributed by atoms with Gasteiger partial charge in [-0.2, -0.15) is 0 Å². The molecule has 0 amide bonds. The van der Waals surface area contributed by atoms with Crippen molar-refractivity contribution in [3.63, 3.8) is 0 Å². The van der Waals surface area contributed by atoms with Crippen LogP contribution in [0.3, 0.4) is 0 Å². The van der Waals surface area contributed by atoms with Crippen molar-refractivity contribution in [3.05, 3.63) is 16.3 Å². The Kier molecular flexibility index (Phi) is 5.90. The van der Waals surface area contributed by atoms with Crippen LogP contribution in [0, 0.1) is 13.8 Å². The van der Waals surface area contributed by atoms with Gasteiger partial charge in [0, 0.05) is 11.5 Å². The largest absolute Gasteiger partial charge is 0.383 e. The molecular weight excluding hydrogens is 286 g/mol. The number of fused-ring (bicyclic) bond motifs is 1. The summed E-state index contributed by atoms with van der Waals surface area (Å²) in [5.41, 5.74) is 7.20. The molecule has 0 radical (unpaired) electrons. The number of nitrogens with two attached hydrogens (primary N) is 1. The first kappa shape index (κ1) is 16.1. The Morgan fingerprint density at radius 2 is 1.86 bits per heavy atom. The summed E-state index contributed by atoms with van der Waals surface area (Å²) in [4.78, 5) is 11.0. The lowest BCUT2D eigenvalue weighted by Crippen LogP contribution is -2.07. The normalized spacial score (nSPS) is 11.4. The van der Waals surface area contributed by atoms with Gasteiger partial charge in [0.2, 0.25) is 0 Å². The second-order valence-electron chi connectivity index (χ2n) is 5.01. The fraction of sp³-hybridized carbons (Fsp3) is 0.600. The Bertz CT molecular complexity index is 598. The average Bonchev–Trinajstić information content (AvgIpc) is 2.73. The molecule has 6 heteroatoms. The average molecular weight is 309 g/mol. The van der Waals surface area contributed by atoms with Crippen LogP contribution in [0.25, 0.3) is 10.2 Å². The summed E-state index contributed by atoms with van der Waals surface area (Å²) in [6.45, 7) is 8.59. The topological polar surface area (TPSA) is 70.3 Å². The van der Waals surface area contributed by atoms with E-state index in [0.717, 1.165) is 29.7 Å². The lowest BCUT2D eigenvalue weighted by atomic mass is 10.2. The second kappa shape index (κ2) is 7.68. The minimum atomic E-state index is 0.368. The maximum absolute atomic E-state index is 6.03. The molecule has 0 saturated heterocycles. The number of aryl methyl sites for hydroxylation is 2. The van der Waals surface area contributed by atoms with Gasteiger partial charge in [-0.25, -0.2) is 9.97 Å². The second-order valence-corrected chi connectivity index (χ2v) is 6.21. The van der Waals surface area contributed by atoms with E-state index in [1.807, 2.05) is 0 Å². The van der Waals surface area contributed by atoms with E-state index in [2.05, 4.69) is 30.7 Å². The van der Waals surface area contributed by atoms with Crippen molar-refractivity contribution in [2.45, 2.75) is 40.2 Å². The van der Waals surface area contributed by atoms with Gasteiger partial charge in [-0.1, -0.05) is 13.3 Å². The molecule has 2 N–H and O–H groups in total. The molecule has 0 aromatic carbocycles. The summed E-state index contributed by atoms with van der Waals surface area (Å²) in [6, 6.07) is 0. The summed E-state index contributed by atoms with van der Waals surface area (Å²) >= 11 is 1.65. The van der Waals surface area contributed by atoms with Crippen LogP contribution in [0.5, 0.6) is 0 Å². The summed E-state index contributed by atoms with van der Waals surface area (Å²) in [6.07, 6.45) is 2.24. The molecule has 0 aliphatic rings. The molecule has 2 aromatic heterocycles. The van der Waals surface area contributed by atoms with Crippen molar-refractivity contribution in [1.29, 1.82) is 0 Å². The monoisotopic (exact) mass is 309 g/mol. The molecule has 116 valence electrons.